The van der Waals surface area contributed by atoms with Gasteiger partial charge in [-0.2, -0.15) is 5.10 Å². The Kier molecular flexibility index (Phi) is 4.79. The number of amides is 1. The van der Waals surface area contributed by atoms with Crippen LogP contribution in [0.4, 0.5) is 0 Å². The second kappa shape index (κ2) is 6.94. The molecule has 1 amide bonds. The van der Waals surface area contributed by atoms with E-state index < -0.39 is 0 Å². The summed E-state index contributed by atoms with van der Waals surface area (Å²) in [6, 6.07) is 0.260. The molecule has 4 rings (SSSR count). The molecule has 3 aliphatic rings. The lowest BCUT2D eigenvalue weighted by molar-refractivity contribution is -0.203. The van der Waals surface area contributed by atoms with Crippen molar-refractivity contribution in [1.29, 1.82) is 0 Å². The summed E-state index contributed by atoms with van der Waals surface area (Å²) < 4.78 is 8.22. The lowest BCUT2D eigenvalue weighted by Crippen LogP contribution is -2.72. The molecular weight excluding hydrogens is 330 g/mol. The monoisotopic (exact) mass is 361 g/mol. The van der Waals surface area contributed by atoms with Crippen LogP contribution in [0.5, 0.6) is 0 Å². The molecule has 1 aromatic rings. The van der Waals surface area contributed by atoms with Crippen molar-refractivity contribution in [2.24, 2.45) is 5.92 Å². The van der Waals surface area contributed by atoms with Crippen LogP contribution in [-0.2, 0) is 16.1 Å². The first-order chi connectivity index (χ1) is 12.5. The Balaban J connectivity index is 1.34. The van der Waals surface area contributed by atoms with Gasteiger partial charge in [-0.1, -0.05) is 0 Å². The summed E-state index contributed by atoms with van der Waals surface area (Å²) in [4.78, 5) is 17.0. The lowest BCUT2D eigenvalue weighted by Gasteiger charge is -2.55. The second-order valence-corrected chi connectivity index (χ2v) is 8.56. The molecular formula is C19H31N5O2. The Morgan fingerprint density at radius 2 is 2.15 bits per heavy atom. The van der Waals surface area contributed by atoms with E-state index in [9.17, 15) is 4.79 Å². The van der Waals surface area contributed by atoms with Gasteiger partial charge < -0.3 is 10.1 Å². The van der Waals surface area contributed by atoms with Crippen LogP contribution >= 0.6 is 0 Å². The van der Waals surface area contributed by atoms with E-state index in [-0.39, 0.29) is 17.6 Å². The SMILES string of the molecule is CNC(=O)[C@@H]1COC2(CN(Cc3cnn(C(C)C)c3)C2)CN1CC1CC1. The summed E-state index contributed by atoms with van der Waals surface area (Å²) >= 11 is 0. The predicted molar refractivity (Wildman–Crippen MR) is 98.7 cm³/mol. The van der Waals surface area contributed by atoms with E-state index >= 15 is 0 Å². The zero-order valence-electron chi connectivity index (χ0n) is 16.1. The van der Waals surface area contributed by atoms with Crippen molar-refractivity contribution in [2.75, 3.05) is 39.8 Å². The van der Waals surface area contributed by atoms with E-state index in [0.29, 0.717) is 12.6 Å². The fraction of sp³-hybridized carbons (Fsp3) is 0.789. The van der Waals surface area contributed by atoms with Crippen molar-refractivity contribution >= 4 is 5.91 Å². The van der Waals surface area contributed by atoms with E-state index in [4.69, 9.17) is 4.74 Å². The first-order valence-corrected chi connectivity index (χ1v) is 9.83. The molecule has 0 unspecified atom stereocenters. The third-order valence-corrected chi connectivity index (χ3v) is 5.83. The van der Waals surface area contributed by atoms with Crippen LogP contribution in [-0.4, -0.2) is 77.0 Å². The zero-order chi connectivity index (χ0) is 18.3. The minimum absolute atomic E-state index is 0.0813. The molecule has 26 heavy (non-hydrogen) atoms. The molecule has 0 bridgehead atoms. The van der Waals surface area contributed by atoms with Crippen LogP contribution in [0.1, 0.15) is 38.3 Å². The lowest BCUT2D eigenvalue weighted by atomic mass is 9.90. The fourth-order valence-corrected chi connectivity index (χ4v) is 4.19. The van der Waals surface area contributed by atoms with Gasteiger partial charge in [0.15, 0.2) is 0 Å². The summed E-state index contributed by atoms with van der Waals surface area (Å²) in [5.74, 6) is 0.855. The summed E-state index contributed by atoms with van der Waals surface area (Å²) in [7, 11) is 1.71. The van der Waals surface area contributed by atoms with Crippen LogP contribution in [0.15, 0.2) is 12.4 Å². The number of hydrogen-bond donors (Lipinski definition) is 1. The molecule has 1 aromatic heterocycles. The number of morpholine rings is 1. The third kappa shape index (κ3) is 3.66. The third-order valence-electron chi connectivity index (χ3n) is 5.83. The summed E-state index contributed by atoms with van der Waals surface area (Å²) in [6.07, 6.45) is 6.71. The highest BCUT2D eigenvalue weighted by Gasteiger charge is 2.50. The minimum Gasteiger partial charge on any atom is -0.369 e. The predicted octanol–water partition coefficient (Wildman–Crippen LogP) is 0.875. The standard InChI is InChI=1S/C19H31N5O2/c1-14(2)24-9-16(6-21-24)7-22-11-19(12-22)13-23(8-15-4-5-15)17(10-26-19)18(25)20-3/h6,9,14-15,17H,4-5,7-8,10-13H2,1-3H3,(H,20,25)/t17-/m0/s1. The number of carbonyl (C=O) groups is 1. The topological polar surface area (TPSA) is 62.6 Å². The Bertz CT molecular complexity index is 648. The van der Waals surface area contributed by atoms with Gasteiger partial charge in [-0.3, -0.25) is 19.3 Å². The van der Waals surface area contributed by atoms with Gasteiger partial charge in [0.05, 0.1) is 12.8 Å². The molecule has 144 valence electrons. The van der Waals surface area contributed by atoms with Gasteiger partial charge in [-0.05, 0) is 32.6 Å². The molecule has 2 aliphatic heterocycles. The van der Waals surface area contributed by atoms with Gasteiger partial charge in [-0.25, -0.2) is 0 Å². The normalized spacial score (nSPS) is 26.2. The molecule has 0 aromatic carbocycles. The highest BCUT2D eigenvalue weighted by atomic mass is 16.5. The molecule has 3 heterocycles. The van der Waals surface area contributed by atoms with Crippen molar-refractivity contribution in [1.82, 2.24) is 24.9 Å². The number of rotatable bonds is 6. The largest absolute Gasteiger partial charge is 0.369 e. The molecule has 7 heteroatoms. The zero-order valence-corrected chi connectivity index (χ0v) is 16.1. The van der Waals surface area contributed by atoms with Gasteiger partial charge in [0.1, 0.15) is 11.6 Å². The first kappa shape index (κ1) is 17.9. The smallest absolute Gasteiger partial charge is 0.239 e. The van der Waals surface area contributed by atoms with Crippen LogP contribution in [0.25, 0.3) is 0 Å². The fourth-order valence-electron chi connectivity index (χ4n) is 4.19. The summed E-state index contributed by atoms with van der Waals surface area (Å²) in [6.45, 7) is 9.46. The number of likely N-dealkylation sites (tertiary alicyclic amines) is 1. The highest BCUT2D eigenvalue weighted by molar-refractivity contribution is 5.81. The van der Waals surface area contributed by atoms with Crippen LogP contribution in [0, 0.1) is 5.92 Å². The van der Waals surface area contributed by atoms with Gasteiger partial charge >= 0.3 is 0 Å². The van der Waals surface area contributed by atoms with Gasteiger partial charge in [0, 0.05) is 57.6 Å². The van der Waals surface area contributed by atoms with Crippen molar-refractivity contribution in [3.05, 3.63) is 18.0 Å². The summed E-state index contributed by atoms with van der Waals surface area (Å²) in [5, 5.41) is 7.22. The number of ether oxygens (including phenoxy) is 1. The van der Waals surface area contributed by atoms with Crippen molar-refractivity contribution in [3.63, 3.8) is 0 Å². The van der Waals surface area contributed by atoms with Gasteiger partial charge in [0.25, 0.3) is 0 Å². The molecule has 2 saturated heterocycles. The van der Waals surface area contributed by atoms with Crippen molar-refractivity contribution < 1.29 is 9.53 Å². The second-order valence-electron chi connectivity index (χ2n) is 8.56. The molecule has 7 nitrogen and oxygen atoms in total. The van der Waals surface area contributed by atoms with Crippen LogP contribution < -0.4 is 5.32 Å². The molecule has 1 saturated carbocycles. The molecule has 1 aliphatic carbocycles. The van der Waals surface area contributed by atoms with Gasteiger partial charge in [0.2, 0.25) is 5.91 Å². The van der Waals surface area contributed by atoms with Crippen molar-refractivity contribution in [2.45, 2.75) is 50.9 Å². The van der Waals surface area contributed by atoms with Gasteiger partial charge in [-0.15, -0.1) is 0 Å². The maximum absolute atomic E-state index is 12.2. The number of likely N-dealkylation sites (N-methyl/N-ethyl adjacent to an activating group) is 1. The Morgan fingerprint density at radius 1 is 1.38 bits per heavy atom. The summed E-state index contributed by atoms with van der Waals surface area (Å²) in [5.41, 5.74) is 1.15. The molecule has 1 N–H and O–H groups in total. The molecule has 3 fully saturated rings. The average Bonchev–Trinajstić information content (AvgIpc) is 3.27. The maximum Gasteiger partial charge on any atom is 0.239 e. The van der Waals surface area contributed by atoms with E-state index in [2.05, 4.69) is 40.3 Å². The number of hydrogen-bond acceptors (Lipinski definition) is 5. The number of nitrogens with one attached hydrogen (secondary N) is 1. The van der Waals surface area contributed by atoms with Crippen LogP contribution in [0.3, 0.4) is 0 Å². The molecule has 1 atom stereocenters. The maximum atomic E-state index is 12.2. The van der Waals surface area contributed by atoms with Crippen molar-refractivity contribution in [3.8, 4) is 0 Å². The quantitative estimate of drug-likeness (QED) is 0.815. The number of aromatic nitrogens is 2. The average molecular weight is 361 g/mol. The molecule has 1 spiro atoms. The van der Waals surface area contributed by atoms with E-state index in [1.807, 2.05) is 10.9 Å². The Morgan fingerprint density at radius 3 is 2.77 bits per heavy atom. The van der Waals surface area contributed by atoms with E-state index in [1.165, 1.54) is 18.4 Å². The first-order valence-electron chi connectivity index (χ1n) is 9.83. The minimum atomic E-state index is -0.135. The molecule has 0 radical (unpaired) electrons. The number of nitrogens with zero attached hydrogens (tertiary/aromatic N) is 4. The Hall–Kier alpha value is -1.44. The van der Waals surface area contributed by atoms with E-state index in [0.717, 1.165) is 38.6 Å². The Labute approximate surface area is 155 Å². The van der Waals surface area contributed by atoms with Crippen LogP contribution in [0.2, 0.25) is 0 Å². The van der Waals surface area contributed by atoms with E-state index in [1.54, 1.807) is 7.05 Å². The number of carbonyl (C=O) groups excluding carboxylic acids is 1. The highest BCUT2D eigenvalue weighted by Crippen LogP contribution is 2.36.